The molecule has 0 aliphatic carbocycles. The van der Waals surface area contributed by atoms with E-state index >= 15 is 0 Å². The normalized spacial score (nSPS) is 11.9. The molecule has 0 unspecified atom stereocenters. The lowest BCUT2D eigenvalue weighted by molar-refractivity contribution is 0.667. The summed E-state index contributed by atoms with van der Waals surface area (Å²) >= 11 is 1.84. The summed E-state index contributed by atoms with van der Waals surface area (Å²) in [6.07, 6.45) is 0. The van der Waals surface area contributed by atoms with Crippen molar-refractivity contribution in [1.29, 1.82) is 0 Å². The third-order valence-electron chi connectivity index (χ3n) is 11.1. The van der Waals surface area contributed by atoms with Crippen molar-refractivity contribution in [1.82, 2.24) is 19.5 Å². The van der Waals surface area contributed by atoms with Crippen molar-refractivity contribution in [3.05, 3.63) is 182 Å². The van der Waals surface area contributed by atoms with Crippen LogP contribution in [0.15, 0.2) is 186 Å². The number of hydrogen-bond acceptors (Lipinski definition) is 5. The maximum Gasteiger partial charge on any atom is 0.164 e. The van der Waals surface area contributed by atoms with Crippen LogP contribution in [0.25, 0.3) is 115 Å². The average molecular weight is 747 g/mol. The smallest absolute Gasteiger partial charge is 0.164 e. The van der Waals surface area contributed by atoms with E-state index in [4.69, 9.17) is 19.4 Å². The molecule has 6 heteroatoms. The summed E-state index contributed by atoms with van der Waals surface area (Å²) < 4.78 is 12.2. The van der Waals surface area contributed by atoms with Crippen molar-refractivity contribution < 1.29 is 4.42 Å². The summed E-state index contributed by atoms with van der Waals surface area (Å²) in [6.45, 7) is 0. The Labute approximate surface area is 330 Å². The molecule has 12 aromatic rings. The molecule has 4 aromatic heterocycles. The van der Waals surface area contributed by atoms with Crippen LogP contribution in [0, 0.1) is 0 Å². The standard InChI is InChI=1S/C51H30N4OS/c1-4-15-31(16-5-1)46-38(51-53-49(32-17-6-2-7-18-32)52-50(54-51)33-19-8-3-9-20-33)28-27-37-36-23-14-25-42(47(36)56-48(37)46)55-41-24-12-10-21-34(41)39-29-40-35-22-11-13-26-44(35)57-45(40)30-43(39)55/h1-30H. The van der Waals surface area contributed by atoms with Crippen molar-refractivity contribution in [3.8, 4) is 51.0 Å². The summed E-state index contributed by atoms with van der Waals surface area (Å²) in [5, 5.41) is 7.10. The molecule has 0 aliphatic heterocycles. The molecule has 4 heterocycles. The van der Waals surface area contributed by atoms with Gasteiger partial charge in [-0.05, 0) is 48.0 Å². The van der Waals surface area contributed by atoms with Gasteiger partial charge in [0.05, 0.1) is 16.7 Å². The first kappa shape index (κ1) is 31.9. The minimum Gasteiger partial charge on any atom is -0.453 e. The Morgan fingerprint density at radius 1 is 0.386 bits per heavy atom. The second-order valence-corrected chi connectivity index (χ2v) is 15.4. The van der Waals surface area contributed by atoms with Gasteiger partial charge in [0.15, 0.2) is 23.1 Å². The first-order valence-corrected chi connectivity index (χ1v) is 19.8. The lowest BCUT2D eigenvalue weighted by Crippen LogP contribution is -2.01. The number of thiophene rings is 1. The molecule has 0 amide bonds. The second-order valence-electron chi connectivity index (χ2n) is 14.3. The Kier molecular flexibility index (Phi) is 7.03. The third-order valence-corrected chi connectivity index (χ3v) is 12.2. The van der Waals surface area contributed by atoms with Crippen LogP contribution in [0.2, 0.25) is 0 Å². The van der Waals surface area contributed by atoms with Crippen LogP contribution >= 0.6 is 11.3 Å². The number of nitrogens with zero attached hydrogens (tertiary/aromatic N) is 4. The summed E-state index contributed by atoms with van der Waals surface area (Å²) in [6, 6.07) is 63.6. The van der Waals surface area contributed by atoms with Gasteiger partial charge >= 0.3 is 0 Å². The Hall–Kier alpha value is -7.41. The van der Waals surface area contributed by atoms with Gasteiger partial charge in [0.1, 0.15) is 5.58 Å². The Bertz CT molecular complexity index is 3460. The van der Waals surface area contributed by atoms with E-state index < -0.39 is 0 Å². The molecule has 5 nitrogen and oxygen atoms in total. The van der Waals surface area contributed by atoms with Gasteiger partial charge in [0.25, 0.3) is 0 Å². The van der Waals surface area contributed by atoms with Crippen molar-refractivity contribution in [2.24, 2.45) is 0 Å². The number of benzene rings is 8. The Balaban J connectivity index is 1.14. The molecule has 0 spiro atoms. The SMILES string of the molecule is c1ccc(-c2nc(-c3ccccc3)nc(-c3ccc4c(oc5c(-n6c7ccccc7c7cc8c(cc76)sc6ccccc68)cccc54)c3-c3ccccc3)n2)cc1. The predicted octanol–water partition coefficient (Wildman–Crippen LogP) is 13.9. The molecule has 0 bridgehead atoms. The van der Waals surface area contributed by atoms with E-state index in [1.54, 1.807) is 0 Å². The van der Waals surface area contributed by atoms with E-state index in [0.717, 1.165) is 66.5 Å². The fourth-order valence-electron chi connectivity index (χ4n) is 8.48. The first-order chi connectivity index (χ1) is 28.3. The highest BCUT2D eigenvalue weighted by molar-refractivity contribution is 7.25. The molecular formula is C51H30N4OS. The monoisotopic (exact) mass is 746 g/mol. The van der Waals surface area contributed by atoms with Crippen LogP contribution < -0.4 is 0 Å². The highest BCUT2D eigenvalue weighted by atomic mass is 32.1. The fourth-order valence-corrected chi connectivity index (χ4v) is 9.60. The molecule has 0 saturated carbocycles. The molecule has 0 aliphatic rings. The lowest BCUT2D eigenvalue weighted by atomic mass is 9.96. The van der Waals surface area contributed by atoms with Gasteiger partial charge < -0.3 is 8.98 Å². The van der Waals surface area contributed by atoms with Crippen LogP contribution in [-0.2, 0) is 0 Å². The summed E-state index contributed by atoms with van der Waals surface area (Å²) in [5.41, 5.74) is 9.57. The molecule has 0 N–H and O–H groups in total. The molecule has 0 radical (unpaired) electrons. The zero-order valence-corrected chi connectivity index (χ0v) is 31.2. The zero-order valence-electron chi connectivity index (χ0n) is 30.4. The van der Waals surface area contributed by atoms with Gasteiger partial charge in [-0.3, -0.25) is 0 Å². The first-order valence-electron chi connectivity index (χ1n) is 19.0. The van der Waals surface area contributed by atoms with Gasteiger partial charge in [-0.2, -0.15) is 0 Å². The quantitative estimate of drug-likeness (QED) is 0.176. The lowest BCUT2D eigenvalue weighted by Gasteiger charge is -2.12. The Morgan fingerprint density at radius 2 is 0.982 bits per heavy atom. The van der Waals surface area contributed by atoms with Crippen LogP contribution in [0.1, 0.15) is 0 Å². The van der Waals surface area contributed by atoms with Crippen molar-refractivity contribution in [3.63, 3.8) is 0 Å². The second kappa shape index (κ2) is 12.6. The fraction of sp³-hybridized carbons (Fsp3) is 0. The number of aromatic nitrogens is 4. The van der Waals surface area contributed by atoms with Crippen LogP contribution in [0.5, 0.6) is 0 Å². The zero-order chi connectivity index (χ0) is 37.5. The largest absolute Gasteiger partial charge is 0.453 e. The molecule has 0 fully saturated rings. The number of rotatable bonds is 5. The molecule has 0 saturated heterocycles. The Morgan fingerprint density at radius 3 is 1.72 bits per heavy atom. The summed E-state index contributed by atoms with van der Waals surface area (Å²) in [5.74, 6) is 1.81. The van der Waals surface area contributed by atoms with Gasteiger partial charge in [-0.25, -0.2) is 15.0 Å². The number of para-hydroxylation sites is 2. The van der Waals surface area contributed by atoms with E-state index in [2.05, 4.69) is 120 Å². The van der Waals surface area contributed by atoms with E-state index in [1.807, 2.05) is 78.1 Å². The summed E-state index contributed by atoms with van der Waals surface area (Å²) in [7, 11) is 0. The van der Waals surface area contributed by atoms with Crippen molar-refractivity contribution in [2.75, 3.05) is 0 Å². The van der Waals surface area contributed by atoms with E-state index in [-0.39, 0.29) is 0 Å². The van der Waals surface area contributed by atoms with Crippen LogP contribution in [-0.4, -0.2) is 19.5 Å². The van der Waals surface area contributed by atoms with Crippen LogP contribution in [0.3, 0.4) is 0 Å². The molecule has 12 rings (SSSR count). The minimum atomic E-state index is 0.582. The highest BCUT2D eigenvalue weighted by Gasteiger charge is 2.24. The minimum absolute atomic E-state index is 0.582. The van der Waals surface area contributed by atoms with Crippen molar-refractivity contribution >= 4 is 75.3 Å². The maximum atomic E-state index is 7.23. The van der Waals surface area contributed by atoms with E-state index in [1.165, 1.54) is 30.9 Å². The number of furan rings is 1. The topological polar surface area (TPSA) is 56.7 Å². The summed E-state index contributed by atoms with van der Waals surface area (Å²) in [4.78, 5) is 15.3. The molecule has 57 heavy (non-hydrogen) atoms. The predicted molar refractivity (Wildman–Crippen MR) is 236 cm³/mol. The molecular weight excluding hydrogens is 717 g/mol. The maximum absolute atomic E-state index is 7.23. The van der Waals surface area contributed by atoms with Gasteiger partial charge in [-0.15, -0.1) is 11.3 Å². The molecule has 0 atom stereocenters. The van der Waals surface area contributed by atoms with Gasteiger partial charge in [-0.1, -0.05) is 140 Å². The number of fused-ring (bicyclic) bond motifs is 9. The third kappa shape index (κ3) is 4.98. The number of hydrogen-bond donors (Lipinski definition) is 0. The van der Waals surface area contributed by atoms with Gasteiger partial charge in [0.2, 0.25) is 0 Å². The van der Waals surface area contributed by atoms with E-state index in [9.17, 15) is 0 Å². The van der Waals surface area contributed by atoms with Crippen molar-refractivity contribution in [2.45, 2.75) is 0 Å². The van der Waals surface area contributed by atoms with Crippen LogP contribution in [0.4, 0.5) is 0 Å². The highest BCUT2D eigenvalue weighted by Crippen LogP contribution is 2.45. The van der Waals surface area contributed by atoms with E-state index in [0.29, 0.717) is 17.5 Å². The van der Waals surface area contributed by atoms with Gasteiger partial charge in [0, 0.05) is 64.0 Å². The molecule has 8 aromatic carbocycles. The molecule has 266 valence electrons. The average Bonchev–Trinajstić information content (AvgIpc) is 3.95.